The third kappa shape index (κ3) is 5.01. The second-order valence-electron chi connectivity index (χ2n) is 11.1. The Morgan fingerprint density at radius 2 is 1.75 bits per heavy atom. The highest BCUT2D eigenvalue weighted by Crippen LogP contribution is 2.47. The second kappa shape index (κ2) is 10.4. The van der Waals surface area contributed by atoms with Crippen molar-refractivity contribution in [1.82, 2.24) is 9.47 Å². The molecule has 2 aromatic carbocycles. The first-order chi connectivity index (χ1) is 18.9. The van der Waals surface area contributed by atoms with Crippen LogP contribution in [0.25, 0.3) is 10.8 Å². The summed E-state index contributed by atoms with van der Waals surface area (Å²) in [5.41, 5.74) is -1.58. The van der Waals surface area contributed by atoms with Gasteiger partial charge in [0.2, 0.25) is 5.91 Å². The topological polar surface area (TPSA) is 57.6 Å². The summed E-state index contributed by atoms with van der Waals surface area (Å²) >= 11 is 0. The van der Waals surface area contributed by atoms with E-state index >= 15 is 0 Å². The molecule has 5 rings (SSSR count). The minimum atomic E-state index is -3.03. The van der Waals surface area contributed by atoms with Gasteiger partial charge in [0.25, 0.3) is 12.0 Å². The third-order valence-corrected chi connectivity index (χ3v) is 8.17. The first-order valence-electron chi connectivity index (χ1n) is 13.2. The van der Waals surface area contributed by atoms with Crippen molar-refractivity contribution in [3.63, 3.8) is 0 Å². The van der Waals surface area contributed by atoms with Crippen molar-refractivity contribution in [3.05, 3.63) is 69.5 Å². The summed E-state index contributed by atoms with van der Waals surface area (Å²) < 4.78 is 71.3. The minimum Gasteiger partial charge on any atom is -0.375 e. The van der Waals surface area contributed by atoms with Crippen LogP contribution < -0.4 is 15.8 Å². The van der Waals surface area contributed by atoms with E-state index in [0.29, 0.717) is 31.5 Å². The standard InChI is InChI=1S/C29H31F5N4O2/c1-16-15-37(8-9-38(16)28(40)29(2)6-7-29)25-13-19-20(11-18(32)12-21(19)27(39)36(25)3)24(14-30)35-23-5-4-17(31)10-22(23)26(33)34/h4-5,10-13,16,24,26,35H,6-9,14-15H2,1-3H3/t16-,24+/m0/s1. The molecule has 1 aliphatic heterocycles. The molecular formula is C29H31F5N4O2. The van der Waals surface area contributed by atoms with Crippen LogP contribution in [0, 0.1) is 17.0 Å². The highest BCUT2D eigenvalue weighted by molar-refractivity contribution is 5.89. The smallest absolute Gasteiger partial charge is 0.265 e. The summed E-state index contributed by atoms with van der Waals surface area (Å²) in [4.78, 5) is 30.2. The predicted octanol–water partition coefficient (Wildman–Crippen LogP) is 5.71. The van der Waals surface area contributed by atoms with Gasteiger partial charge in [-0.3, -0.25) is 14.2 Å². The van der Waals surface area contributed by atoms with Crippen molar-refractivity contribution in [3.8, 4) is 0 Å². The van der Waals surface area contributed by atoms with Crippen molar-refractivity contribution in [2.75, 3.05) is 36.5 Å². The van der Waals surface area contributed by atoms with Crippen molar-refractivity contribution in [1.29, 1.82) is 0 Å². The lowest BCUT2D eigenvalue weighted by Crippen LogP contribution is -2.56. The lowest BCUT2D eigenvalue weighted by molar-refractivity contribution is -0.138. The molecule has 0 radical (unpaired) electrons. The van der Waals surface area contributed by atoms with Crippen LogP contribution in [0.3, 0.4) is 0 Å². The molecule has 1 aliphatic carbocycles. The maximum atomic E-state index is 14.7. The molecule has 2 aliphatic rings. The number of alkyl halides is 3. The summed E-state index contributed by atoms with van der Waals surface area (Å²) in [6.07, 6.45) is -1.29. The molecule has 214 valence electrons. The maximum absolute atomic E-state index is 14.7. The number of rotatable bonds is 7. The van der Waals surface area contributed by atoms with Gasteiger partial charge in [0.1, 0.15) is 24.1 Å². The van der Waals surface area contributed by atoms with Crippen LogP contribution in [-0.2, 0) is 11.8 Å². The molecule has 0 spiro atoms. The Bertz CT molecular complexity index is 1520. The van der Waals surface area contributed by atoms with Gasteiger partial charge in [-0.2, -0.15) is 0 Å². The number of pyridine rings is 1. The quantitative estimate of drug-likeness (QED) is 0.375. The van der Waals surface area contributed by atoms with Gasteiger partial charge in [-0.25, -0.2) is 22.0 Å². The van der Waals surface area contributed by atoms with E-state index in [1.807, 2.05) is 23.6 Å². The number of anilines is 2. The van der Waals surface area contributed by atoms with E-state index < -0.39 is 41.9 Å². The van der Waals surface area contributed by atoms with Crippen molar-refractivity contribution in [2.45, 2.75) is 45.2 Å². The molecule has 2 atom stereocenters. The average molecular weight is 563 g/mol. The molecule has 40 heavy (non-hydrogen) atoms. The summed E-state index contributed by atoms with van der Waals surface area (Å²) in [5.74, 6) is -1.01. The van der Waals surface area contributed by atoms with Gasteiger partial charge >= 0.3 is 0 Å². The lowest BCUT2D eigenvalue weighted by Gasteiger charge is -2.42. The van der Waals surface area contributed by atoms with Crippen molar-refractivity contribution in [2.24, 2.45) is 12.5 Å². The van der Waals surface area contributed by atoms with Gasteiger partial charge in [0.15, 0.2) is 0 Å². The van der Waals surface area contributed by atoms with Gasteiger partial charge in [0.05, 0.1) is 11.4 Å². The average Bonchev–Trinajstić information content (AvgIpc) is 3.67. The van der Waals surface area contributed by atoms with E-state index in [9.17, 15) is 31.5 Å². The van der Waals surface area contributed by atoms with Crippen molar-refractivity contribution >= 4 is 28.2 Å². The highest BCUT2D eigenvalue weighted by Gasteiger charge is 2.48. The van der Waals surface area contributed by atoms with Crippen LogP contribution in [-0.4, -0.2) is 47.7 Å². The zero-order valence-electron chi connectivity index (χ0n) is 22.5. The molecule has 1 N–H and O–H groups in total. The first-order valence-corrected chi connectivity index (χ1v) is 13.2. The fourth-order valence-electron chi connectivity index (χ4n) is 5.53. The Morgan fingerprint density at radius 3 is 2.38 bits per heavy atom. The molecule has 6 nitrogen and oxygen atoms in total. The van der Waals surface area contributed by atoms with Crippen LogP contribution in [0.2, 0.25) is 0 Å². The van der Waals surface area contributed by atoms with Crippen LogP contribution in [0.1, 0.15) is 50.3 Å². The molecule has 1 amide bonds. The largest absolute Gasteiger partial charge is 0.375 e. The lowest BCUT2D eigenvalue weighted by atomic mass is 9.98. The summed E-state index contributed by atoms with van der Waals surface area (Å²) in [7, 11) is 1.56. The summed E-state index contributed by atoms with van der Waals surface area (Å²) in [5, 5.41) is 2.95. The van der Waals surface area contributed by atoms with Gasteiger partial charge < -0.3 is 15.1 Å². The normalized spacial score (nSPS) is 19.3. The molecule has 0 bridgehead atoms. The number of carbonyl (C=O) groups excluding carboxylic acids is 1. The molecule has 2 heterocycles. The van der Waals surface area contributed by atoms with E-state index in [1.165, 1.54) is 4.57 Å². The number of piperazine rings is 1. The van der Waals surface area contributed by atoms with Crippen LogP contribution in [0.15, 0.2) is 41.2 Å². The fraction of sp³-hybridized carbons (Fsp3) is 0.448. The Balaban J connectivity index is 1.53. The molecule has 1 saturated carbocycles. The van der Waals surface area contributed by atoms with E-state index in [2.05, 4.69) is 5.32 Å². The fourth-order valence-corrected chi connectivity index (χ4v) is 5.53. The summed E-state index contributed by atoms with van der Waals surface area (Å²) in [6.45, 7) is 4.18. The Labute approximate surface area is 228 Å². The van der Waals surface area contributed by atoms with Crippen LogP contribution >= 0.6 is 0 Å². The van der Waals surface area contributed by atoms with Gasteiger partial charge in [-0.15, -0.1) is 0 Å². The van der Waals surface area contributed by atoms with Crippen molar-refractivity contribution < 1.29 is 26.7 Å². The number of aromatic nitrogens is 1. The number of benzene rings is 2. The Kier molecular flexibility index (Phi) is 7.26. The zero-order valence-corrected chi connectivity index (χ0v) is 22.5. The number of amides is 1. The zero-order chi connectivity index (χ0) is 28.9. The van der Waals surface area contributed by atoms with E-state index in [1.54, 1.807) is 13.1 Å². The number of fused-ring (bicyclic) bond motifs is 1. The molecule has 1 saturated heterocycles. The molecular weight excluding hydrogens is 531 g/mol. The van der Waals surface area contributed by atoms with Crippen LogP contribution in [0.4, 0.5) is 33.5 Å². The molecule has 3 aromatic rings. The number of hydrogen-bond acceptors (Lipinski definition) is 4. The number of halogens is 5. The van der Waals surface area contributed by atoms with E-state index in [4.69, 9.17) is 0 Å². The molecule has 2 fully saturated rings. The van der Waals surface area contributed by atoms with Crippen LogP contribution in [0.5, 0.6) is 0 Å². The number of carbonyl (C=O) groups is 1. The number of hydrogen-bond donors (Lipinski definition) is 1. The highest BCUT2D eigenvalue weighted by atomic mass is 19.3. The summed E-state index contributed by atoms with van der Waals surface area (Å²) in [6, 6.07) is 5.10. The number of nitrogens with zero attached hydrogens (tertiary/aromatic N) is 3. The molecule has 11 heteroatoms. The SMILES string of the molecule is C[C@H]1CN(c2cc3c([C@@H](CF)Nc4ccc(F)cc4C(F)F)cc(F)cc3c(=O)n2C)CCN1C(=O)C1(C)CC1. The van der Waals surface area contributed by atoms with Gasteiger partial charge in [-0.05, 0) is 67.1 Å². The predicted molar refractivity (Wildman–Crippen MR) is 144 cm³/mol. The van der Waals surface area contributed by atoms with E-state index in [-0.39, 0.29) is 39.4 Å². The molecule has 1 aromatic heterocycles. The second-order valence-corrected chi connectivity index (χ2v) is 11.1. The van der Waals surface area contributed by atoms with Gasteiger partial charge in [-0.1, -0.05) is 6.92 Å². The molecule has 0 unspecified atom stereocenters. The monoisotopic (exact) mass is 562 g/mol. The third-order valence-electron chi connectivity index (χ3n) is 8.17. The first kappa shape index (κ1) is 27.9. The maximum Gasteiger partial charge on any atom is 0.265 e. The van der Waals surface area contributed by atoms with E-state index in [0.717, 1.165) is 37.1 Å². The number of nitrogens with one attached hydrogen (secondary N) is 1. The minimum absolute atomic E-state index is 0.0122. The Hall–Kier alpha value is -3.63. The Morgan fingerprint density at radius 1 is 1.05 bits per heavy atom. The van der Waals surface area contributed by atoms with Gasteiger partial charge in [0, 0.05) is 49.4 Å².